The summed E-state index contributed by atoms with van der Waals surface area (Å²) in [7, 11) is -3.74. The van der Waals surface area contributed by atoms with Crippen LogP contribution in [0.3, 0.4) is 0 Å². The first kappa shape index (κ1) is 19.8. The molecule has 4 aromatic rings. The number of hydrogen-bond acceptors (Lipinski definition) is 7. The molecule has 0 atom stereocenters. The van der Waals surface area contributed by atoms with Crippen LogP contribution in [-0.2, 0) is 14.8 Å². The maximum Gasteiger partial charge on any atom is 0.271 e. The van der Waals surface area contributed by atoms with E-state index in [1.54, 1.807) is 23.7 Å². The van der Waals surface area contributed by atoms with E-state index in [4.69, 9.17) is 11.6 Å². The van der Waals surface area contributed by atoms with E-state index in [1.807, 2.05) is 18.2 Å². The van der Waals surface area contributed by atoms with Crippen molar-refractivity contribution in [1.82, 2.24) is 9.97 Å². The highest BCUT2D eigenvalue weighted by Crippen LogP contribution is 2.33. The summed E-state index contributed by atoms with van der Waals surface area (Å²) in [5, 5.41) is 4.93. The van der Waals surface area contributed by atoms with Crippen LogP contribution in [0.1, 0.15) is 6.92 Å². The van der Waals surface area contributed by atoms with Crippen molar-refractivity contribution >= 4 is 71.2 Å². The van der Waals surface area contributed by atoms with E-state index in [0.717, 1.165) is 27.1 Å². The molecule has 0 aliphatic carbocycles. The topological polar surface area (TPSA) is 101 Å². The number of nitrogens with one attached hydrogen (secondary N) is 2. The van der Waals surface area contributed by atoms with Crippen LogP contribution in [0.25, 0.3) is 21.3 Å². The highest BCUT2D eigenvalue weighted by atomic mass is 35.5. The predicted octanol–water partition coefficient (Wildman–Crippen LogP) is 4.83. The Hall–Kier alpha value is -2.53. The summed E-state index contributed by atoms with van der Waals surface area (Å²) < 4.78 is 28.6. The van der Waals surface area contributed by atoms with Crippen molar-refractivity contribution in [2.75, 3.05) is 10.0 Å². The average molecular weight is 465 g/mol. The minimum Gasteiger partial charge on any atom is -0.302 e. The Bertz CT molecular complexity index is 1320. The second kappa shape index (κ2) is 7.71. The van der Waals surface area contributed by atoms with Crippen molar-refractivity contribution in [2.24, 2.45) is 0 Å². The summed E-state index contributed by atoms with van der Waals surface area (Å²) in [5.41, 5.74) is 2.45. The molecule has 1 amide bonds. The molecular formula is C18H13ClN4O3S3. The molecule has 0 unspecified atom stereocenters. The van der Waals surface area contributed by atoms with Crippen LogP contribution in [0, 0.1) is 0 Å². The SMILES string of the molecule is CC(=O)Nc1nc2ccc(-c3cnc(Cl)c(NS(=O)(=O)c4cccs4)c3)cc2s1. The van der Waals surface area contributed by atoms with Gasteiger partial charge in [-0.2, -0.15) is 0 Å². The molecule has 29 heavy (non-hydrogen) atoms. The lowest BCUT2D eigenvalue weighted by Gasteiger charge is -2.10. The number of thiophene rings is 1. The first-order valence-corrected chi connectivity index (χ1v) is 11.8. The Kier molecular flexibility index (Phi) is 5.26. The van der Waals surface area contributed by atoms with Crippen LogP contribution in [0.15, 0.2) is 52.2 Å². The number of aromatic nitrogens is 2. The standard InChI is InChI=1S/C18H13ClN4O3S3/c1-10(24)21-18-22-13-5-4-11(8-15(13)28-18)12-7-14(17(19)20-9-12)23-29(25,26)16-3-2-6-27-16/h2-9,23H,1H3,(H,21,22,24). The first-order valence-electron chi connectivity index (χ1n) is 8.22. The van der Waals surface area contributed by atoms with Gasteiger partial charge in [0.1, 0.15) is 4.21 Å². The number of amides is 1. The van der Waals surface area contributed by atoms with Crippen LogP contribution in [0.4, 0.5) is 10.8 Å². The summed E-state index contributed by atoms with van der Waals surface area (Å²) in [4.78, 5) is 19.7. The number of sulfonamides is 1. The number of carbonyl (C=O) groups is 1. The van der Waals surface area contributed by atoms with Crippen LogP contribution in [0.5, 0.6) is 0 Å². The summed E-state index contributed by atoms with van der Waals surface area (Å²) in [5.74, 6) is -0.186. The van der Waals surface area contributed by atoms with Crippen LogP contribution in [-0.4, -0.2) is 24.3 Å². The van der Waals surface area contributed by atoms with E-state index in [-0.39, 0.29) is 21.0 Å². The zero-order chi connectivity index (χ0) is 20.6. The molecule has 0 saturated heterocycles. The number of pyridine rings is 1. The van der Waals surface area contributed by atoms with Crippen LogP contribution in [0.2, 0.25) is 5.15 Å². The van der Waals surface area contributed by atoms with E-state index < -0.39 is 10.0 Å². The molecule has 0 fully saturated rings. The predicted molar refractivity (Wildman–Crippen MR) is 117 cm³/mol. The molecule has 3 aromatic heterocycles. The molecule has 0 radical (unpaired) electrons. The molecule has 4 rings (SSSR count). The minimum absolute atomic E-state index is 0.0562. The summed E-state index contributed by atoms with van der Waals surface area (Å²) >= 11 is 8.58. The summed E-state index contributed by atoms with van der Waals surface area (Å²) in [6, 6.07) is 10.4. The molecule has 0 aliphatic heterocycles. The van der Waals surface area contributed by atoms with Gasteiger partial charge in [-0.05, 0) is 35.2 Å². The zero-order valence-corrected chi connectivity index (χ0v) is 18.0. The number of nitrogens with zero attached hydrogens (tertiary/aromatic N) is 2. The second-order valence-corrected chi connectivity index (χ2v) is 10.2. The third kappa shape index (κ3) is 4.25. The van der Waals surface area contributed by atoms with Gasteiger partial charge in [0.15, 0.2) is 10.3 Å². The maximum absolute atomic E-state index is 12.5. The van der Waals surface area contributed by atoms with E-state index in [9.17, 15) is 13.2 Å². The van der Waals surface area contributed by atoms with Gasteiger partial charge in [0.05, 0.1) is 15.9 Å². The van der Waals surface area contributed by atoms with Crippen molar-refractivity contribution in [1.29, 1.82) is 0 Å². The van der Waals surface area contributed by atoms with Crippen molar-refractivity contribution in [3.05, 3.63) is 53.1 Å². The van der Waals surface area contributed by atoms with Crippen LogP contribution < -0.4 is 10.0 Å². The molecule has 0 aliphatic rings. The Morgan fingerprint density at radius 2 is 2.00 bits per heavy atom. The number of rotatable bonds is 5. The molecule has 7 nitrogen and oxygen atoms in total. The van der Waals surface area contributed by atoms with Crippen molar-refractivity contribution in [2.45, 2.75) is 11.1 Å². The van der Waals surface area contributed by atoms with Crippen LogP contribution >= 0.6 is 34.3 Å². The van der Waals surface area contributed by atoms with E-state index in [0.29, 0.717) is 10.7 Å². The fourth-order valence-corrected chi connectivity index (χ4v) is 5.81. The zero-order valence-electron chi connectivity index (χ0n) is 14.8. The normalized spacial score (nSPS) is 11.5. The van der Waals surface area contributed by atoms with Gasteiger partial charge in [-0.25, -0.2) is 18.4 Å². The number of fused-ring (bicyclic) bond motifs is 1. The maximum atomic E-state index is 12.5. The van der Waals surface area contributed by atoms with Crippen molar-refractivity contribution < 1.29 is 13.2 Å². The molecule has 1 aromatic carbocycles. The lowest BCUT2D eigenvalue weighted by atomic mass is 10.1. The fraction of sp³-hybridized carbons (Fsp3) is 0.0556. The van der Waals surface area contributed by atoms with Gasteiger partial charge in [-0.3, -0.25) is 9.52 Å². The lowest BCUT2D eigenvalue weighted by Crippen LogP contribution is -2.12. The minimum atomic E-state index is -3.74. The third-order valence-corrected chi connectivity index (χ3v) is 7.85. The summed E-state index contributed by atoms with van der Waals surface area (Å²) in [6.45, 7) is 1.43. The van der Waals surface area contributed by atoms with Gasteiger partial charge in [-0.15, -0.1) is 11.3 Å². The Morgan fingerprint density at radius 1 is 1.17 bits per heavy atom. The van der Waals surface area contributed by atoms with Gasteiger partial charge >= 0.3 is 0 Å². The molecule has 0 spiro atoms. The van der Waals surface area contributed by atoms with Crippen molar-refractivity contribution in [3.63, 3.8) is 0 Å². The molecule has 2 N–H and O–H groups in total. The average Bonchev–Trinajstić information content (AvgIpc) is 3.31. The monoisotopic (exact) mass is 464 g/mol. The van der Waals surface area contributed by atoms with Gasteiger partial charge in [-0.1, -0.05) is 35.1 Å². The summed E-state index contributed by atoms with van der Waals surface area (Å²) in [6.07, 6.45) is 1.57. The molecule has 0 bridgehead atoms. The highest BCUT2D eigenvalue weighted by molar-refractivity contribution is 7.94. The lowest BCUT2D eigenvalue weighted by molar-refractivity contribution is -0.114. The van der Waals surface area contributed by atoms with Gasteiger partial charge < -0.3 is 5.32 Å². The third-order valence-electron chi connectivity index (χ3n) is 3.85. The number of carbonyl (C=O) groups excluding carboxylic acids is 1. The molecule has 3 heterocycles. The smallest absolute Gasteiger partial charge is 0.271 e. The Morgan fingerprint density at radius 3 is 2.72 bits per heavy atom. The van der Waals surface area contributed by atoms with Gasteiger partial charge in [0.2, 0.25) is 5.91 Å². The molecule has 0 saturated carbocycles. The van der Waals surface area contributed by atoms with E-state index >= 15 is 0 Å². The Labute approximate surface area is 179 Å². The van der Waals surface area contributed by atoms with Gasteiger partial charge in [0.25, 0.3) is 10.0 Å². The molecule has 148 valence electrons. The number of anilines is 2. The largest absolute Gasteiger partial charge is 0.302 e. The number of halogens is 1. The second-order valence-electron chi connectivity index (χ2n) is 5.98. The molecular weight excluding hydrogens is 452 g/mol. The fourth-order valence-electron chi connectivity index (χ4n) is 2.60. The van der Waals surface area contributed by atoms with E-state index in [2.05, 4.69) is 20.0 Å². The first-order chi connectivity index (χ1) is 13.8. The Balaban J connectivity index is 1.69. The number of thiazole rings is 1. The van der Waals surface area contributed by atoms with Crippen molar-refractivity contribution in [3.8, 4) is 11.1 Å². The van der Waals surface area contributed by atoms with Gasteiger partial charge in [0, 0.05) is 18.7 Å². The number of benzene rings is 1. The van der Waals surface area contributed by atoms with E-state index in [1.165, 1.54) is 24.3 Å². The number of hydrogen-bond donors (Lipinski definition) is 2. The molecule has 11 heteroatoms. The highest BCUT2D eigenvalue weighted by Gasteiger charge is 2.18. The quantitative estimate of drug-likeness (QED) is 0.412.